The summed E-state index contributed by atoms with van der Waals surface area (Å²) in [4.78, 5) is 13.9. The number of benzene rings is 2. The molecule has 0 spiro atoms. The number of hydrogen-bond acceptors (Lipinski definition) is 3. The Kier molecular flexibility index (Phi) is 3.57. The topological polar surface area (TPSA) is 49.8 Å². The van der Waals surface area contributed by atoms with Crippen molar-refractivity contribution in [3.8, 4) is 11.1 Å². The highest BCUT2D eigenvalue weighted by atomic mass is 16.6. The van der Waals surface area contributed by atoms with E-state index in [1.54, 1.807) is 11.8 Å². The number of β-amino-alcohol motifs (C(OH)–C–C–N with tert-alkyl or cyclic N) is 1. The summed E-state index contributed by atoms with van der Waals surface area (Å²) in [6.07, 6.45) is 0.256. The van der Waals surface area contributed by atoms with Crippen molar-refractivity contribution in [3.63, 3.8) is 0 Å². The van der Waals surface area contributed by atoms with E-state index in [1.807, 2.05) is 24.3 Å². The SMILES string of the molecule is CC1(O)CCN(C(=O)OCC2c3ccccc3-c3ccccc32)C1. The van der Waals surface area contributed by atoms with Crippen molar-refractivity contribution in [2.75, 3.05) is 19.7 Å². The molecule has 1 aliphatic carbocycles. The molecule has 4 nitrogen and oxygen atoms in total. The van der Waals surface area contributed by atoms with Gasteiger partial charge in [-0.15, -0.1) is 0 Å². The number of rotatable bonds is 2. The number of amides is 1. The van der Waals surface area contributed by atoms with E-state index in [2.05, 4.69) is 24.3 Å². The highest BCUT2D eigenvalue weighted by Crippen LogP contribution is 2.44. The van der Waals surface area contributed by atoms with Gasteiger partial charge in [0.15, 0.2) is 0 Å². The standard InChI is InChI=1S/C20H21NO3/c1-20(23)10-11-21(13-20)19(22)24-12-18-16-8-4-2-6-14(16)15-7-3-5-9-17(15)18/h2-9,18,23H,10-13H2,1H3. The Morgan fingerprint density at radius 2 is 1.75 bits per heavy atom. The first-order valence-electron chi connectivity index (χ1n) is 8.37. The van der Waals surface area contributed by atoms with Gasteiger partial charge in [-0.25, -0.2) is 4.79 Å². The van der Waals surface area contributed by atoms with Crippen LogP contribution in [-0.4, -0.2) is 41.4 Å². The van der Waals surface area contributed by atoms with E-state index in [9.17, 15) is 9.90 Å². The van der Waals surface area contributed by atoms with Gasteiger partial charge in [0.2, 0.25) is 0 Å². The smallest absolute Gasteiger partial charge is 0.409 e. The van der Waals surface area contributed by atoms with Crippen molar-refractivity contribution in [1.82, 2.24) is 4.90 Å². The van der Waals surface area contributed by atoms with Crippen LogP contribution in [0.2, 0.25) is 0 Å². The van der Waals surface area contributed by atoms with Crippen molar-refractivity contribution in [2.24, 2.45) is 0 Å². The number of aliphatic hydroxyl groups is 1. The minimum Gasteiger partial charge on any atom is -0.448 e. The van der Waals surface area contributed by atoms with Crippen LogP contribution < -0.4 is 0 Å². The Labute approximate surface area is 141 Å². The van der Waals surface area contributed by atoms with Crippen LogP contribution in [0.1, 0.15) is 30.4 Å². The second-order valence-corrected chi connectivity index (χ2v) is 6.97. The van der Waals surface area contributed by atoms with E-state index in [0.29, 0.717) is 26.1 Å². The summed E-state index contributed by atoms with van der Waals surface area (Å²) in [7, 11) is 0. The van der Waals surface area contributed by atoms with Gasteiger partial charge in [0.05, 0.1) is 12.1 Å². The largest absolute Gasteiger partial charge is 0.448 e. The van der Waals surface area contributed by atoms with Crippen LogP contribution in [0.25, 0.3) is 11.1 Å². The summed E-state index contributed by atoms with van der Waals surface area (Å²) < 4.78 is 5.59. The molecule has 1 atom stereocenters. The molecule has 4 heteroatoms. The maximum atomic E-state index is 12.3. The van der Waals surface area contributed by atoms with Gasteiger partial charge in [0, 0.05) is 12.5 Å². The average Bonchev–Trinajstić information content (AvgIpc) is 3.11. The summed E-state index contributed by atoms with van der Waals surface area (Å²) >= 11 is 0. The molecule has 2 aliphatic rings. The third kappa shape index (κ3) is 2.57. The van der Waals surface area contributed by atoms with Crippen LogP contribution in [0.4, 0.5) is 4.79 Å². The van der Waals surface area contributed by atoms with Crippen molar-refractivity contribution in [3.05, 3.63) is 59.7 Å². The third-order valence-corrected chi connectivity index (χ3v) is 5.05. The van der Waals surface area contributed by atoms with Gasteiger partial charge in [-0.1, -0.05) is 48.5 Å². The molecule has 4 rings (SSSR count). The Morgan fingerprint density at radius 1 is 1.17 bits per heavy atom. The van der Waals surface area contributed by atoms with Crippen LogP contribution >= 0.6 is 0 Å². The van der Waals surface area contributed by atoms with Crippen LogP contribution in [0.15, 0.2) is 48.5 Å². The first-order chi connectivity index (χ1) is 11.6. The number of nitrogens with zero attached hydrogens (tertiary/aromatic N) is 1. The van der Waals surface area contributed by atoms with Crippen LogP contribution in [-0.2, 0) is 4.74 Å². The number of carbonyl (C=O) groups is 1. The van der Waals surface area contributed by atoms with Gasteiger partial charge in [-0.2, -0.15) is 0 Å². The minimum atomic E-state index is -0.800. The van der Waals surface area contributed by atoms with E-state index < -0.39 is 5.60 Å². The fourth-order valence-electron chi connectivity index (χ4n) is 3.79. The molecule has 2 aromatic rings. The molecule has 0 radical (unpaired) electrons. The van der Waals surface area contributed by atoms with Gasteiger partial charge >= 0.3 is 6.09 Å². The van der Waals surface area contributed by atoms with Gasteiger partial charge in [0.25, 0.3) is 0 Å². The molecule has 1 N–H and O–H groups in total. The number of likely N-dealkylation sites (tertiary alicyclic amines) is 1. The predicted octanol–water partition coefficient (Wildman–Crippen LogP) is 3.39. The molecule has 1 amide bonds. The van der Waals surface area contributed by atoms with Gasteiger partial charge in [-0.3, -0.25) is 0 Å². The van der Waals surface area contributed by atoms with Crippen LogP contribution in [0.5, 0.6) is 0 Å². The van der Waals surface area contributed by atoms with E-state index in [4.69, 9.17) is 4.74 Å². The molecular formula is C20H21NO3. The van der Waals surface area contributed by atoms with E-state index in [1.165, 1.54) is 22.3 Å². The lowest BCUT2D eigenvalue weighted by molar-refractivity contribution is 0.0599. The number of hydrogen-bond donors (Lipinski definition) is 1. The van der Waals surface area contributed by atoms with Crippen molar-refractivity contribution in [2.45, 2.75) is 24.9 Å². The number of carbonyl (C=O) groups excluding carboxylic acids is 1. The summed E-state index contributed by atoms with van der Waals surface area (Å²) in [5.74, 6) is 0.0736. The van der Waals surface area contributed by atoms with Gasteiger partial charge in [0.1, 0.15) is 6.61 Å². The molecule has 124 valence electrons. The lowest BCUT2D eigenvalue weighted by Crippen LogP contribution is -2.34. The van der Waals surface area contributed by atoms with Crippen molar-refractivity contribution >= 4 is 6.09 Å². The second-order valence-electron chi connectivity index (χ2n) is 6.97. The highest BCUT2D eigenvalue weighted by molar-refractivity contribution is 5.79. The summed E-state index contributed by atoms with van der Waals surface area (Å²) in [5, 5.41) is 10.0. The summed E-state index contributed by atoms with van der Waals surface area (Å²) in [6, 6.07) is 16.6. The zero-order valence-electron chi connectivity index (χ0n) is 13.7. The molecule has 1 unspecified atom stereocenters. The monoisotopic (exact) mass is 323 g/mol. The fourth-order valence-corrected chi connectivity index (χ4v) is 3.79. The number of ether oxygens (including phenoxy) is 1. The Balaban J connectivity index is 1.52. The Hall–Kier alpha value is -2.33. The van der Waals surface area contributed by atoms with Crippen LogP contribution in [0.3, 0.4) is 0 Å². The first kappa shape index (κ1) is 15.2. The van der Waals surface area contributed by atoms with Crippen molar-refractivity contribution in [1.29, 1.82) is 0 Å². The third-order valence-electron chi connectivity index (χ3n) is 5.05. The van der Waals surface area contributed by atoms with Gasteiger partial charge in [-0.05, 0) is 35.6 Å². The van der Waals surface area contributed by atoms with Gasteiger partial charge < -0.3 is 14.7 Å². The summed E-state index contributed by atoms with van der Waals surface area (Å²) in [5.41, 5.74) is 4.06. The average molecular weight is 323 g/mol. The van der Waals surface area contributed by atoms with Crippen LogP contribution in [0, 0.1) is 0 Å². The predicted molar refractivity (Wildman–Crippen MR) is 91.9 cm³/mol. The Morgan fingerprint density at radius 3 is 2.29 bits per heavy atom. The lowest BCUT2D eigenvalue weighted by atomic mass is 9.98. The molecule has 0 saturated carbocycles. The van der Waals surface area contributed by atoms with E-state index in [-0.39, 0.29) is 12.0 Å². The Bertz CT molecular complexity index is 738. The molecule has 0 aromatic heterocycles. The zero-order valence-corrected chi connectivity index (χ0v) is 13.7. The van der Waals surface area contributed by atoms with Crippen molar-refractivity contribution < 1.29 is 14.6 Å². The summed E-state index contributed by atoms with van der Waals surface area (Å²) in [6.45, 7) is 2.96. The lowest BCUT2D eigenvalue weighted by Gasteiger charge is -2.20. The molecule has 0 bridgehead atoms. The fraction of sp³-hybridized carbons (Fsp3) is 0.350. The maximum Gasteiger partial charge on any atom is 0.409 e. The molecule has 1 aliphatic heterocycles. The zero-order chi connectivity index (χ0) is 16.7. The van der Waals surface area contributed by atoms with E-state index >= 15 is 0 Å². The second kappa shape index (κ2) is 5.64. The van der Waals surface area contributed by atoms with E-state index in [0.717, 1.165) is 0 Å². The minimum absolute atomic E-state index is 0.0736. The normalized spacial score (nSPS) is 22.3. The first-order valence-corrected chi connectivity index (χ1v) is 8.37. The number of fused-ring (bicyclic) bond motifs is 3. The quantitative estimate of drug-likeness (QED) is 0.921. The molecule has 1 fully saturated rings. The molecule has 2 aromatic carbocycles. The molecule has 1 saturated heterocycles. The maximum absolute atomic E-state index is 12.3. The molecular weight excluding hydrogens is 302 g/mol. The highest BCUT2D eigenvalue weighted by Gasteiger charge is 2.36. The molecule has 1 heterocycles. The molecule has 24 heavy (non-hydrogen) atoms.